The molecule has 0 aromatic heterocycles. The molecule has 1 aromatic carbocycles. The molecule has 0 spiro atoms. The topological polar surface area (TPSA) is 86.6 Å². The van der Waals surface area contributed by atoms with Crippen LogP contribution in [-0.4, -0.2) is 28.6 Å². The van der Waals surface area contributed by atoms with Crippen LogP contribution in [0.3, 0.4) is 0 Å². The number of nitrogens with one attached hydrogen (secondary N) is 1. The number of rotatable bonds is 5. The van der Waals surface area contributed by atoms with Crippen molar-refractivity contribution in [1.82, 2.24) is 5.32 Å². The Hall–Kier alpha value is -2.04. The largest absolute Gasteiger partial charge is 0.508 e. The van der Waals surface area contributed by atoms with E-state index in [0.717, 1.165) is 5.56 Å². The first-order valence-electron chi connectivity index (χ1n) is 7.25. The summed E-state index contributed by atoms with van der Waals surface area (Å²) >= 11 is 0. The predicted molar refractivity (Wildman–Crippen MR) is 77.8 cm³/mol. The smallest absolute Gasteiger partial charge is 0.307 e. The van der Waals surface area contributed by atoms with Crippen LogP contribution in [0.5, 0.6) is 5.75 Å². The van der Waals surface area contributed by atoms with E-state index in [9.17, 15) is 19.8 Å². The van der Waals surface area contributed by atoms with E-state index in [1.807, 2.05) is 6.92 Å². The highest BCUT2D eigenvalue weighted by atomic mass is 16.4. The van der Waals surface area contributed by atoms with Crippen LogP contribution in [0, 0.1) is 17.8 Å². The Bertz CT molecular complexity index is 512. The fourth-order valence-corrected chi connectivity index (χ4v) is 2.98. The average Bonchev–Trinajstić information content (AvgIpc) is 2.83. The summed E-state index contributed by atoms with van der Waals surface area (Å²) in [6.45, 7) is 2.46. The minimum absolute atomic E-state index is 0.162. The molecular formula is C16H21NO4. The fourth-order valence-electron chi connectivity index (χ4n) is 2.98. The van der Waals surface area contributed by atoms with Crippen LogP contribution in [-0.2, 0) is 16.0 Å². The number of aromatic hydroxyl groups is 1. The van der Waals surface area contributed by atoms with Crippen LogP contribution in [0.15, 0.2) is 24.3 Å². The van der Waals surface area contributed by atoms with Gasteiger partial charge in [0.1, 0.15) is 5.75 Å². The molecule has 3 N–H and O–H groups in total. The SMILES string of the molecule is CC1C[C@H](C(=O)NCCc2ccc(O)cc2)[C@H](C(=O)O)C1. The molecule has 1 unspecified atom stereocenters. The number of carboxylic acid groups (broad SMARTS) is 1. The van der Waals surface area contributed by atoms with Gasteiger partial charge in [0.15, 0.2) is 0 Å². The summed E-state index contributed by atoms with van der Waals surface area (Å²) in [7, 11) is 0. The van der Waals surface area contributed by atoms with Crippen molar-refractivity contribution in [3.05, 3.63) is 29.8 Å². The molecule has 1 saturated carbocycles. The zero-order chi connectivity index (χ0) is 15.4. The quantitative estimate of drug-likeness (QED) is 0.772. The van der Waals surface area contributed by atoms with E-state index >= 15 is 0 Å². The number of aliphatic carboxylic acids is 1. The molecule has 1 fully saturated rings. The number of phenols is 1. The molecular weight excluding hydrogens is 270 g/mol. The second-order valence-electron chi connectivity index (χ2n) is 5.84. The van der Waals surface area contributed by atoms with Gasteiger partial charge >= 0.3 is 5.97 Å². The van der Waals surface area contributed by atoms with Gasteiger partial charge in [-0.1, -0.05) is 19.1 Å². The van der Waals surface area contributed by atoms with Crippen LogP contribution >= 0.6 is 0 Å². The van der Waals surface area contributed by atoms with Crippen molar-refractivity contribution in [2.75, 3.05) is 6.54 Å². The van der Waals surface area contributed by atoms with Gasteiger partial charge in [-0.3, -0.25) is 9.59 Å². The molecule has 1 amide bonds. The predicted octanol–water partition coefficient (Wildman–Crippen LogP) is 1.80. The monoisotopic (exact) mass is 291 g/mol. The Morgan fingerprint density at radius 1 is 1.19 bits per heavy atom. The van der Waals surface area contributed by atoms with Crippen molar-refractivity contribution in [3.8, 4) is 5.75 Å². The van der Waals surface area contributed by atoms with Gasteiger partial charge in [0.2, 0.25) is 5.91 Å². The first-order valence-corrected chi connectivity index (χ1v) is 7.25. The lowest BCUT2D eigenvalue weighted by atomic mass is 9.95. The fraction of sp³-hybridized carbons (Fsp3) is 0.500. The molecule has 114 valence electrons. The summed E-state index contributed by atoms with van der Waals surface area (Å²) in [6.07, 6.45) is 1.87. The lowest BCUT2D eigenvalue weighted by Crippen LogP contribution is -2.36. The number of carbonyl (C=O) groups is 2. The van der Waals surface area contributed by atoms with E-state index in [1.165, 1.54) is 0 Å². The summed E-state index contributed by atoms with van der Waals surface area (Å²) < 4.78 is 0. The number of carboxylic acids is 1. The van der Waals surface area contributed by atoms with Crippen molar-refractivity contribution in [1.29, 1.82) is 0 Å². The summed E-state index contributed by atoms with van der Waals surface area (Å²) in [5.74, 6) is -1.53. The maximum Gasteiger partial charge on any atom is 0.307 e. The van der Waals surface area contributed by atoms with Crippen LogP contribution < -0.4 is 5.32 Å². The van der Waals surface area contributed by atoms with Gasteiger partial charge in [0.25, 0.3) is 0 Å². The zero-order valence-corrected chi connectivity index (χ0v) is 12.1. The second-order valence-corrected chi connectivity index (χ2v) is 5.84. The highest BCUT2D eigenvalue weighted by Crippen LogP contribution is 2.36. The normalized spacial score (nSPS) is 24.7. The summed E-state index contributed by atoms with van der Waals surface area (Å²) in [4.78, 5) is 23.3. The Balaban J connectivity index is 1.84. The third kappa shape index (κ3) is 3.97. The molecule has 1 aliphatic rings. The van der Waals surface area contributed by atoms with E-state index in [-0.39, 0.29) is 17.6 Å². The van der Waals surface area contributed by atoms with Crippen molar-refractivity contribution < 1.29 is 19.8 Å². The van der Waals surface area contributed by atoms with Gasteiger partial charge in [0, 0.05) is 6.54 Å². The van der Waals surface area contributed by atoms with Crippen molar-refractivity contribution in [2.24, 2.45) is 17.8 Å². The molecule has 1 aliphatic carbocycles. The van der Waals surface area contributed by atoms with Crippen LogP contribution in [0.4, 0.5) is 0 Å². The van der Waals surface area contributed by atoms with Crippen LogP contribution in [0.25, 0.3) is 0 Å². The number of carbonyl (C=O) groups excluding carboxylic acids is 1. The lowest BCUT2D eigenvalue weighted by Gasteiger charge is -2.15. The van der Waals surface area contributed by atoms with E-state index in [2.05, 4.69) is 5.32 Å². The van der Waals surface area contributed by atoms with E-state index in [4.69, 9.17) is 0 Å². The van der Waals surface area contributed by atoms with Crippen LogP contribution in [0.2, 0.25) is 0 Å². The Morgan fingerprint density at radius 2 is 1.81 bits per heavy atom. The third-order valence-electron chi connectivity index (χ3n) is 4.10. The van der Waals surface area contributed by atoms with Gasteiger partial charge in [-0.15, -0.1) is 0 Å². The summed E-state index contributed by atoms with van der Waals surface area (Å²) in [5, 5.41) is 21.2. The first-order chi connectivity index (χ1) is 9.97. The Morgan fingerprint density at radius 3 is 2.43 bits per heavy atom. The minimum Gasteiger partial charge on any atom is -0.508 e. The van der Waals surface area contributed by atoms with Gasteiger partial charge in [-0.2, -0.15) is 0 Å². The number of amides is 1. The third-order valence-corrected chi connectivity index (χ3v) is 4.10. The standard InChI is InChI=1S/C16H21NO4/c1-10-8-13(14(9-10)16(20)21)15(19)17-7-6-11-2-4-12(18)5-3-11/h2-5,10,13-14,18H,6-9H2,1H3,(H,17,19)(H,20,21)/t10?,13-,14+/m0/s1. The van der Waals surface area contributed by atoms with Crippen molar-refractivity contribution in [2.45, 2.75) is 26.2 Å². The summed E-state index contributed by atoms with van der Waals surface area (Å²) in [6, 6.07) is 6.82. The number of phenolic OH excluding ortho intramolecular Hbond substituents is 1. The maximum absolute atomic E-state index is 12.1. The first kappa shape index (κ1) is 15.4. The number of hydrogen-bond acceptors (Lipinski definition) is 3. The van der Waals surface area contributed by atoms with E-state index in [0.29, 0.717) is 25.8 Å². The average molecular weight is 291 g/mol. The highest BCUT2D eigenvalue weighted by Gasteiger charge is 2.40. The van der Waals surface area contributed by atoms with Gasteiger partial charge < -0.3 is 15.5 Å². The number of benzene rings is 1. The highest BCUT2D eigenvalue weighted by molar-refractivity contribution is 5.85. The molecule has 0 heterocycles. The van der Waals surface area contributed by atoms with Gasteiger partial charge in [-0.25, -0.2) is 0 Å². The van der Waals surface area contributed by atoms with E-state index < -0.39 is 17.8 Å². The minimum atomic E-state index is -0.877. The van der Waals surface area contributed by atoms with Gasteiger partial charge in [-0.05, 0) is 42.9 Å². The molecule has 5 heteroatoms. The van der Waals surface area contributed by atoms with Gasteiger partial charge in [0.05, 0.1) is 11.8 Å². The zero-order valence-electron chi connectivity index (χ0n) is 12.1. The molecule has 2 rings (SSSR count). The molecule has 5 nitrogen and oxygen atoms in total. The molecule has 0 saturated heterocycles. The molecule has 0 radical (unpaired) electrons. The van der Waals surface area contributed by atoms with Crippen molar-refractivity contribution in [3.63, 3.8) is 0 Å². The summed E-state index contributed by atoms with van der Waals surface area (Å²) in [5.41, 5.74) is 1.02. The second kappa shape index (κ2) is 6.61. The van der Waals surface area contributed by atoms with E-state index in [1.54, 1.807) is 24.3 Å². The van der Waals surface area contributed by atoms with Crippen molar-refractivity contribution >= 4 is 11.9 Å². The molecule has 1 aromatic rings. The molecule has 21 heavy (non-hydrogen) atoms. The number of hydrogen-bond donors (Lipinski definition) is 3. The van der Waals surface area contributed by atoms with Crippen LogP contribution in [0.1, 0.15) is 25.3 Å². The Kier molecular flexibility index (Phi) is 4.83. The molecule has 0 aliphatic heterocycles. The maximum atomic E-state index is 12.1. The lowest BCUT2D eigenvalue weighted by molar-refractivity contribution is -0.146. The molecule has 0 bridgehead atoms. The molecule has 3 atom stereocenters. The Labute approximate surface area is 124 Å².